The van der Waals surface area contributed by atoms with Gasteiger partial charge in [0.05, 0.1) is 24.3 Å². The van der Waals surface area contributed by atoms with Gasteiger partial charge in [-0.3, -0.25) is 14.4 Å². The number of benzene rings is 2. The van der Waals surface area contributed by atoms with Crippen LogP contribution in [0.3, 0.4) is 0 Å². The average Bonchev–Trinajstić information content (AvgIpc) is 3.08. The molecule has 2 amide bonds. The molecule has 0 spiro atoms. The van der Waals surface area contributed by atoms with Crippen LogP contribution in [-0.2, 0) is 17.6 Å². The van der Waals surface area contributed by atoms with Crippen LogP contribution in [0.25, 0.3) is 0 Å². The molecule has 214 valence electrons. The number of carbonyl (C=O) groups excluding carboxylic acids is 2. The number of carboxylic acids is 1. The number of amides is 2. The van der Waals surface area contributed by atoms with Crippen molar-refractivity contribution in [1.82, 2.24) is 9.97 Å². The Morgan fingerprint density at radius 1 is 0.976 bits per heavy atom. The third-order valence-electron chi connectivity index (χ3n) is 7.03. The van der Waals surface area contributed by atoms with Gasteiger partial charge in [-0.15, -0.1) is 0 Å². The molecule has 0 radical (unpaired) electrons. The molecule has 1 aliphatic heterocycles. The van der Waals surface area contributed by atoms with Crippen LogP contribution in [0, 0.1) is 13.8 Å². The molecule has 5 rings (SSSR count). The summed E-state index contributed by atoms with van der Waals surface area (Å²) in [7, 11) is 0. The maximum Gasteiger partial charge on any atom is 0.307 e. The third kappa shape index (κ3) is 6.07. The highest BCUT2D eigenvalue weighted by atomic mass is 16.5. The van der Waals surface area contributed by atoms with Gasteiger partial charge < -0.3 is 25.4 Å². The van der Waals surface area contributed by atoms with Crippen LogP contribution < -0.4 is 20.3 Å². The number of carbonyl (C=O) groups is 3. The fourth-order valence-electron chi connectivity index (χ4n) is 4.82. The third-order valence-corrected chi connectivity index (χ3v) is 7.03. The van der Waals surface area contributed by atoms with Crippen LogP contribution in [0.5, 0.6) is 5.75 Å². The van der Waals surface area contributed by atoms with Gasteiger partial charge in [0.25, 0.3) is 11.8 Å². The first-order chi connectivity index (χ1) is 20.2. The summed E-state index contributed by atoms with van der Waals surface area (Å²) in [4.78, 5) is 47.8. The van der Waals surface area contributed by atoms with E-state index in [0.29, 0.717) is 65.0 Å². The highest BCUT2D eigenvalue weighted by Crippen LogP contribution is 2.36. The lowest BCUT2D eigenvalue weighted by molar-refractivity contribution is -0.136. The Kier molecular flexibility index (Phi) is 8.14. The lowest BCUT2D eigenvalue weighted by Gasteiger charge is -2.22. The predicted octanol–water partition coefficient (Wildman–Crippen LogP) is 5.32. The molecule has 0 aliphatic carbocycles. The Bertz CT molecular complexity index is 1670. The van der Waals surface area contributed by atoms with E-state index in [1.165, 1.54) is 0 Å². The van der Waals surface area contributed by atoms with Crippen LogP contribution in [0.4, 0.5) is 23.0 Å². The Morgan fingerprint density at radius 2 is 1.76 bits per heavy atom. The van der Waals surface area contributed by atoms with E-state index in [-0.39, 0.29) is 18.2 Å². The summed E-state index contributed by atoms with van der Waals surface area (Å²) in [5.41, 5.74) is 5.47. The van der Waals surface area contributed by atoms with Gasteiger partial charge in [-0.2, -0.15) is 0 Å². The molecule has 0 atom stereocenters. The van der Waals surface area contributed by atoms with Gasteiger partial charge in [0.1, 0.15) is 11.6 Å². The number of anilines is 4. The smallest absolute Gasteiger partial charge is 0.307 e. The molecule has 0 bridgehead atoms. The monoisotopic (exact) mass is 565 g/mol. The first kappa shape index (κ1) is 28.3. The molecule has 0 fully saturated rings. The number of hydrogen-bond acceptors (Lipinski definition) is 7. The second-order valence-corrected chi connectivity index (χ2v) is 10.0. The van der Waals surface area contributed by atoms with Crippen molar-refractivity contribution in [2.75, 3.05) is 28.7 Å². The zero-order valence-corrected chi connectivity index (χ0v) is 23.6. The normalized spacial score (nSPS) is 12.1. The first-order valence-electron chi connectivity index (χ1n) is 13.6. The maximum absolute atomic E-state index is 13.1. The summed E-state index contributed by atoms with van der Waals surface area (Å²) in [6.45, 7) is 6.76. The van der Waals surface area contributed by atoms with Crippen LogP contribution in [-0.4, -0.2) is 46.0 Å². The Hall–Kier alpha value is -5.25. The topological polar surface area (TPSA) is 134 Å². The van der Waals surface area contributed by atoms with Crippen molar-refractivity contribution >= 4 is 40.8 Å². The number of pyridine rings is 2. The zero-order valence-electron chi connectivity index (χ0n) is 23.6. The first-order valence-corrected chi connectivity index (χ1v) is 13.6. The van der Waals surface area contributed by atoms with Crippen molar-refractivity contribution in [3.8, 4) is 5.75 Å². The van der Waals surface area contributed by atoms with E-state index >= 15 is 0 Å². The molecule has 3 heterocycles. The molecule has 2 aromatic heterocycles. The largest absolute Gasteiger partial charge is 0.493 e. The Morgan fingerprint density at radius 3 is 2.48 bits per heavy atom. The molecule has 0 unspecified atom stereocenters. The van der Waals surface area contributed by atoms with Crippen molar-refractivity contribution in [3.63, 3.8) is 0 Å². The van der Waals surface area contributed by atoms with Crippen molar-refractivity contribution in [2.24, 2.45) is 0 Å². The summed E-state index contributed by atoms with van der Waals surface area (Å²) >= 11 is 0. The van der Waals surface area contributed by atoms with Crippen LogP contribution in [0.1, 0.15) is 49.9 Å². The lowest BCUT2D eigenvalue weighted by Crippen LogP contribution is -2.20. The second kappa shape index (κ2) is 12.1. The number of fused-ring (bicyclic) bond motifs is 2. The van der Waals surface area contributed by atoms with Crippen molar-refractivity contribution < 1.29 is 24.2 Å². The summed E-state index contributed by atoms with van der Waals surface area (Å²) in [5.74, 6) is 0.480. The molecule has 10 heteroatoms. The molecule has 42 heavy (non-hydrogen) atoms. The van der Waals surface area contributed by atoms with Crippen molar-refractivity contribution in [1.29, 1.82) is 0 Å². The molecule has 10 nitrogen and oxygen atoms in total. The molecule has 2 aromatic carbocycles. The van der Waals surface area contributed by atoms with Gasteiger partial charge in [-0.25, -0.2) is 9.97 Å². The number of ether oxygens (including phenoxy) is 1. The molecular formula is C32H31N5O5. The van der Waals surface area contributed by atoms with E-state index in [4.69, 9.17) is 9.84 Å². The summed E-state index contributed by atoms with van der Waals surface area (Å²) in [6, 6.07) is 15.6. The maximum atomic E-state index is 13.1. The SMILES string of the molecule is CCN1c2ncc(CCOc3ccc(C(=O)Nc4ccc(CC(=O)O)cc4)cc3C)cc2C(=O)Nc2c(C)ccnc21. The highest BCUT2D eigenvalue weighted by Gasteiger charge is 2.27. The predicted molar refractivity (Wildman–Crippen MR) is 160 cm³/mol. The number of nitrogens with one attached hydrogen (secondary N) is 2. The van der Waals surface area contributed by atoms with Crippen LogP contribution in [0.2, 0.25) is 0 Å². The number of aliphatic carboxylic acids is 1. The summed E-state index contributed by atoms with van der Waals surface area (Å²) in [6.07, 6.45) is 3.94. The standard InChI is InChI=1S/C32H31N5O5/c1-4-37-29-25(32(41)36-28-19(2)11-13-33-30(28)37)16-22(18-34-29)12-14-42-26-10-7-23(15-20(26)3)31(40)35-24-8-5-21(6-9-24)17-27(38)39/h5-11,13,15-16,18H,4,12,14,17H2,1-3H3,(H,35,40)(H,36,41)(H,38,39). The molecule has 0 saturated heterocycles. The van der Waals surface area contributed by atoms with Gasteiger partial charge in [0, 0.05) is 36.6 Å². The van der Waals surface area contributed by atoms with E-state index in [1.54, 1.807) is 54.9 Å². The summed E-state index contributed by atoms with van der Waals surface area (Å²) in [5, 5.41) is 14.7. The zero-order chi connectivity index (χ0) is 29.8. The van der Waals surface area contributed by atoms with Crippen LogP contribution in [0.15, 0.2) is 67.0 Å². The van der Waals surface area contributed by atoms with Crippen molar-refractivity contribution in [2.45, 2.75) is 33.6 Å². The van der Waals surface area contributed by atoms with Gasteiger partial charge in [0.15, 0.2) is 5.82 Å². The fraction of sp³-hybridized carbons (Fsp3) is 0.219. The van der Waals surface area contributed by atoms with Gasteiger partial charge in [-0.05, 0) is 85.5 Å². The van der Waals surface area contributed by atoms with E-state index in [9.17, 15) is 14.4 Å². The number of carboxylic acid groups (broad SMARTS) is 1. The molecule has 1 aliphatic rings. The molecule has 3 N–H and O–H groups in total. The number of aryl methyl sites for hydroxylation is 2. The number of rotatable bonds is 9. The van der Waals surface area contributed by atoms with Crippen LogP contribution >= 0.6 is 0 Å². The average molecular weight is 566 g/mol. The van der Waals surface area contributed by atoms with E-state index in [1.807, 2.05) is 37.8 Å². The minimum Gasteiger partial charge on any atom is -0.493 e. The minimum atomic E-state index is -0.908. The molecule has 0 saturated carbocycles. The summed E-state index contributed by atoms with van der Waals surface area (Å²) < 4.78 is 6.01. The Balaban J connectivity index is 1.22. The number of aromatic nitrogens is 2. The van der Waals surface area contributed by atoms with Gasteiger partial charge in [-0.1, -0.05) is 12.1 Å². The quantitative estimate of drug-likeness (QED) is 0.248. The molecular weight excluding hydrogens is 534 g/mol. The van der Waals surface area contributed by atoms with Gasteiger partial charge in [0.2, 0.25) is 0 Å². The van der Waals surface area contributed by atoms with E-state index in [2.05, 4.69) is 20.6 Å². The van der Waals surface area contributed by atoms with E-state index in [0.717, 1.165) is 16.7 Å². The van der Waals surface area contributed by atoms with E-state index < -0.39 is 5.97 Å². The Labute approximate surface area is 243 Å². The fourth-order valence-corrected chi connectivity index (χ4v) is 4.82. The van der Waals surface area contributed by atoms with Gasteiger partial charge >= 0.3 is 5.97 Å². The molecule has 4 aromatic rings. The number of nitrogens with zero attached hydrogens (tertiary/aromatic N) is 3. The van der Waals surface area contributed by atoms with Crippen molar-refractivity contribution in [3.05, 3.63) is 100 Å². The number of hydrogen-bond donors (Lipinski definition) is 3. The highest BCUT2D eigenvalue weighted by molar-refractivity contribution is 6.12. The lowest BCUT2D eigenvalue weighted by atomic mass is 10.1. The second-order valence-electron chi connectivity index (χ2n) is 10.0. The minimum absolute atomic E-state index is 0.0725.